The van der Waals surface area contributed by atoms with Crippen molar-refractivity contribution in [2.45, 2.75) is 17.3 Å². The summed E-state index contributed by atoms with van der Waals surface area (Å²) in [5.74, 6) is 0.481. The van der Waals surface area contributed by atoms with Crippen molar-refractivity contribution in [3.8, 4) is 5.75 Å². The second kappa shape index (κ2) is 7.96. The number of amides is 1. The van der Waals surface area contributed by atoms with E-state index in [2.05, 4.69) is 15.3 Å². The van der Waals surface area contributed by atoms with E-state index in [4.69, 9.17) is 39.5 Å². The standard InChI is InChI=1S/C17H14Cl3N3O2S/c1-8(16(24)23-15-11(19)5-9(18)6-12(15)20)26-17-21-13-4-3-10(25-2)7-14(13)22-17/h3-8H,1-2H3,(H,21,22)(H,23,24). The number of halogens is 3. The van der Waals surface area contributed by atoms with E-state index in [1.807, 2.05) is 18.2 Å². The van der Waals surface area contributed by atoms with Gasteiger partial charge in [0.2, 0.25) is 5.91 Å². The molecule has 1 unspecified atom stereocenters. The zero-order valence-electron chi connectivity index (χ0n) is 13.8. The third kappa shape index (κ3) is 4.20. The molecule has 1 amide bonds. The van der Waals surface area contributed by atoms with Crippen LogP contribution in [0.5, 0.6) is 5.75 Å². The molecule has 0 radical (unpaired) electrons. The molecule has 3 rings (SSSR count). The Morgan fingerprint density at radius 2 is 1.92 bits per heavy atom. The van der Waals surface area contributed by atoms with Crippen LogP contribution in [0.1, 0.15) is 6.92 Å². The molecule has 0 bridgehead atoms. The minimum absolute atomic E-state index is 0.251. The lowest BCUT2D eigenvalue weighted by Gasteiger charge is -2.13. The van der Waals surface area contributed by atoms with Crippen molar-refractivity contribution in [3.05, 3.63) is 45.4 Å². The lowest BCUT2D eigenvalue weighted by molar-refractivity contribution is -0.115. The first-order valence-electron chi connectivity index (χ1n) is 7.53. The number of benzene rings is 2. The minimum Gasteiger partial charge on any atom is -0.497 e. The molecule has 3 aromatic rings. The SMILES string of the molecule is COc1ccc2nc(SC(C)C(=O)Nc3c(Cl)cc(Cl)cc3Cl)[nH]c2c1. The number of fused-ring (bicyclic) bond motifs is 1. The maximum Gasteiger partial charge on any atom is 0.237 e. The van der Waals surface area contributed by atoms with Crippen LogP contribution < -0.4 is 10.1 Å². The number of carbonyl (C=O) groups excluding carboxylic acids is 1. The number of thioether (sulfide) groups is 1. The van der Waals surface area contributed by atoms with Gasteiger partial charge in [-0.05, 0) is 31.2 Å². The number of ether oxygens (including phenoxy) is 1. The van der Waals surface area contributed by atoms with E-state index in [-0.39, 0.29) is 16.0 Å². The van der Waals surface area contributed by atoms with Gasteiger partial charge in [0.1, 0.15) is 5.75 Å². The van der Waals surface area contributed by atoms with Gasteiger partial charge in [0.05, 0.1) is 39.1 Å². The molecule has 0 fully saturated rings. The Hall–Kier alpha value is -1.60. The van der Waals surface area contributed by atoms with E-state index in [0.29, 0.717) is 15.9 Å². The third-order valence-corrected chi connectivity index (χ3v) is 5.38. The van der Waals surface area contributed by atoms with Crippen molar-refractivity contribution in [1.82, 2.24) is 9.97 Å². The molecule has 1 atom stereocenters. The summed E-state index contributed by atoms with van der Waals surface area (Å²) in [6.45, 7) is 1.77. The van der Waals surface area contributed by atoms with Gasteiger partial charge in [-0.3, -0.25) is 4.79 Å². The van der Waals surface area contributed by atoms with Crippen LogP contribution >= 0.6 is 46.6 Å². The van der Waals surface area contributed by atoms with Crippen molar-refractivity contribution in [2.24, 2.45) is 0 Å². The van der Waals surface area contributed by atoms with E-state index < -0.39 is 5.25 Å². The highest BCUT2D eigenvalue weighted by Gasteiger charge is 2.19. The molecule has 1 aromatic heterocycles. The molecule has 26 heavy (non-hydrogen) atoms. The van der Waals surface area contributed by atoms with E-state index in [9.17, 15) is 4.79 Å². The smallest absolute Gasteiger partial charge is 0.237 e. The molecule has 2 N–H and O–H groups in total. The van der Waals surface area contributed by atoms with Gasteiger partial charge in [0, 0.05) is 11.1 Å². The number of nitrogens with zero attached hydrogens (tertiary/aromatic N) is 1. The molecule has 1 heterocycles. The fourth-order valence-corrected chi connectivity index (χ4v) is 3.99. The molecule has 0 aliphatic rings. The Morgan fingerprint density at radius 3 is 2.58 bits per heavy atom. The lowest BCUT2D eigenvalue weighted by Crippen LogP contribution is -2.22. The van der Waals surface area contributed by atoms with Gasteiger partial charge in [0.25, 0.3) is 0 Å². The van der Waals surface area contributed by atoms with Crippen LogP contribution in [0.15, 0.2) is 35.5 Å². The highest BCUT2D eigenvalue weighted by atomic mass is 35.5. The summed E-state index contributed by atoms with van der Waals surface area (Å²) in [5.41, 5.74) is 1.97. The Labute approximate surface area is 169 Å². The van der Waals surface area contributed by atoms with Gasteiger partial charge >= 0.3 is 0 Å². The van der Waals surface area contributed by atoms with Crippen molar-refractivity contribution >= 4 is 69.2 Å². The van der Waals surface area contributed by atoms with Crippen LogP contribution in [0, 0.1) is 0 Å². The summed E-state index contributed by atoms with van der Waals surface area (Å²) in [5, 5.41) is 3.90. The highest BCUT2D eigenvalue weighted by molar-refractivity contribution is 8.00. The second-order valence-electron chi connectivity index (χ2n) is 5.42. The molecule has 136 valence electrons. The topological polar surface area (TPSA) is 67.0 Å². The Kier molecular flexibility index (Phi) is 5.87. The molecule has 5 nitrogen and oxygen atoms in total. The molecule has 0 aliphatic carbocycles. The molecule has 0 saturated carbocycles. The number of nitrogens with one attached hydrogen (secondary N) is 2. The van der Waals surface area contributed by atoms with Crippen LogP contribution in [-0.4, -0.2) is 28.2 Å². The van der Waals surface area contributed by atoms with E-state index in [0.717, 1.165) is 16.8 Å². The quantitative estimate of drug-likeness (QED) is 0.513. The predicted molar refractivity (Wildman–Crippen MR) is 108 cm³/mol. The average molecular weight is 431 g/mol. The monoisotopic (exact) mass is 429 g/mol. The van der Waals surface area contributed by atoms with Crippen molar-refractivity contribution < 1.29 is 9.53 Å². The number of rotatable bonds is 5. The fraction of sp³-hybridized carbons (Fsp3) is 0.176. The zero-order valence-corrected chi connectivity index (χ0v) is 16.9. The molecule has 0 aliphatic heterocycles. The van der Waals surface area contributed by atoms with Crippen LogP contribution in [0.2, 0.25) is 15.1 Å². The van der Waals surface area contributed by atoms with Crippen molar-refractivity contribution in [1.29, 1.82) is 0 Å². The summed E-state index contributed by atoms with van der Waals surface area (Å²) >= 11 is 19.4. The fourth-order valence-electron chi connectivity index (χ4n) is 2.26. The zero-order chi connectivity index (χ0) is 18.8. The Morgan fingerprint density at radius 1 is 1.23 bits per heavy atom. The number of anilines is 1. The Bertz CT molecular complexity index is 954. The predicted octanol–water partition coefficient (Wildman–Crippen LogP) is 5.65. The largest absolute Gasteiger partial charge is 0.497 e. The van der Waals surface area contributed by atoms with Gasteiger partial charge < -0.3 is 15.0 Å². The number of aromatic amines is 1. The summed E-state index contributed by atoms with van der Waals surface area (Å²) in [4.78, 5) is 20.1. The summed E-state index contributed by atoms with van der Waals surface area (Å²) in [6.07, 6.45) is 0. The van der Waals surface area contributed by atoms with E-state index >= 15 is 0 Å². The maximum absolute atomic E-state index is 12.5. The minimum atomic E-state index is -0.430. The van der Waals surface area contributed by atoms with Gasteiger partial charge in [0.15, 0.2) is 5.16 Å². The third-order valence-electron chi connectivity index (χ3n) is 3.58. The molecular weight excluding hydrogens is 417 g/mol. The average Bonchev–Trinajstić information content (AvgIpc) is 2.98. The van der Waals surface area contributed by atoms with Gasteiger partial charge in [-0.15, -0.1) is 0 Å². The molecule has 0 saturated heterocycles. The highest BCUT2D eigenvalue weighted by Crippen LogP contribution is 2.34. The van der Waals surface area contributed by atoms with Crippen LogP contribution in [-0.2, 0) is 4.79 Å². The second-order valence-corrected chi connectivity index (χ2v) is 8.00. The molecular formula is C17H14Cl3N3O2S. The first-order chi connectivity index (χ1) is 12.4. The number of carbonyl (C=O) groups is 1. The number of hydrogen-bond acceptors (Lipinski definition) is 4. The Balaban J connectivity index is 1.73. The first kappa shape index (κ1) is 19.2. The summed E-state index contributed by atoms with van der Waals surface area (Å²) in [6, 6.07) is 8.58. The maximum atomic E-state index is 12.5. The summed E-state index contributed by atoms with van der Waals surface area (Å²) in [7, 11) is 1.60. The number of H-pyrrole nitrogens is 1. The van der Waals surface area contributed by atoms with Gasteiger partial charge in [-0.1, -0.05) is 46.6 Å². The normalized spacial score (nSPS) is 12.2. The first-order valence-corrected chi connectivity index (χ1v) is 9.54. The number of aromatic nitrogens is 2. The molecule has 2 aromatic carbocycles. The molecule has 9 heteroatoms. The van der Waals surface area contributed by atoms with Gasteiger partial charge in [-0.25, -0.2) is 4.98 Å². The summed E-state index contributed by atoms with van der Waals surface area (Å²) < 4.78 is 5.19. The van der Waals surface area contributed by atoms with Crippen molar-refractivity contribution in [2.75, 3.05) is 12.4 Å². The van der Waals surface area contributed by atoms with Crippen LogP contribution in [0.4, 0.5) is 5.69 Å². The lowest BCUT2D eigenvalue weighted by atomic mass is 10.3. The van der Waals surface area contributed by atoms with Gasteiger partial charge in [-0.2, -0.15) is 0 Å². The number of methoxy groups -OCH3 is 1. The van der Waals surface area contributed by atoms with Crippen LogP contribution in [0.25, 0.3) is 11.0 Å². The van der Waals surface area contributed by atoms with Crippen LogP contribution in [0.3, 0.4) is 0 Å². The van der Waals surface area contributed by atoms with Crippen molar-refractivity contribution in [3.63, 3.8) is 0 Å². The van der Waals surface area contributed by atoms with E-state index in [1.54, 1.807) is 14.0 Å². The number of imidazole rings is 1. The molecule has 0 spiro atoms. The number of hydrogen-bond donors (Lipinski definition) is 2. The van der Waals surface area contributed by atoms with E-state index in [1.165, 1.54) is 23.9 Å².